The molecule has 1 aliphatic rings. The molecule has 1 heterocycles. The Balaban J connectivity index is 1.99. The van der Waals surface area contributed by atoms with Crippen molar-refractivity contribution < 1.29 is 35.5 Å². The normalized spacial score (nSPS) is 18.0. The van der Waals surface area contributed by atoms with Crippen LogP contribution < -0.4 is 10.7 Å². The van der Waals surface area contributed by atoms with Gasteiger partial charge in [-0.1, -0.05) is 17.7 Å². The van der Waals surface area contributed by atoms with Gasteiger partial charge in [-0.25, -0.2) is 9.38 Å². The number of hydrazone groups is 1. The van der Waals surface area contributed by atoms with Crippen molar-refractivity contribution in [2.24, 2.45) is 21.0 Å². The molecule has 180 valence electrons. The highest BCUT2D eigenvalue weighted by Gasteiger charge is 2.44. The van der Waals surface area contributed by atoms with Crippen molar-refractivity contribution in [3.8, 4) is 0 Å². The Hall–Kier alpha value is -3.48. The molecule has 0 saturated heterocycles. The van der Waals surface area contributed by atoms with Crippen LogP contribution in [-0.4, -0.2) is 29.6 Å². The van der Waals surface area contributed by atoms with E-state index in [2.05, 4.69) is 25.8 Å². The van der Waals surface area contributed by atoms with Gasteiger partial charge in [-0.15, -0.1) is 0 Å². The maximum Gasteiger partial charge on any atom is 0.431 e. The van der Waals surface area contributed by atoms with Gasteiger partial charge in [-0.2, -0.15) is 36.4 Å². The van der Waals surface area contributed by atoms with E-state index in [0.717, 1.165) is 43.3 Å². The van der Waals surface area contributed by atoms with Gasteiger partial charge in [-0.05, 0) is 43.3 Å². The summed E-state index contributed by atoms with van der Waals surface area (Å²) in [5.41, 5.74) is -0.737. The third-order valence-electron chi connectivity index (χ3n) is 4.44. The van der Waals surface area contributed by atoms with Crippen molar-refractivity contribution in [2.45, 2.75) is 19.3 Å². The van der Waals surface area contributed by atoms with Crippen LogP contribution in [0.4, 0.5) is 36.4 Å². The number of guanidine groups is 1. The highest BCUT2D eigenvalue weighted by molar-refractivity contribution is 6.30. The van der Waals surface area contributed by atoms with E-state index in [4.69, 9.17) is 11.6 Å². The number of hydrogen-bond acceptors (Lipinski definition) is 3. The van der Waals surface area contributed by atoms with Crippen LogP contribution in [0.1, 0.15) is 22.8 Å². The lowest BCUT2D eigenvalue weighted by Crippen LogP contribution is -2.34. The fourth-order valence-corrected chi connectivity index (χ4v) is 2.87. The van der Waals surface area contributed by atoms with E-state index in [0.29, 0.717) is 6.07 Å². The number of nitrogens with one attached hydrogen (secondary N) is 2. The van der Waals surface area contributed by atoms with Crippen molar-refractivity contribution in [2.75, 3.05) is 0 Å². The lowest BCUT2D eigenvalue weighted by Gasteiger charge is -2.11. The molecule has 1 amide bonds. The third kappa shape index (κ3) is 5.90. The van der Waals surface area contributed by atoms with E-state index in [1.165, 1.54) is 0 Å². The average Bonchev–Trinajstić information content (AvgIpc) is 3.10. The molecule has 14 heteroatoms. The Labute approximate surface area is 192 Å². The first-order chi connectivity index (χ1) is 15.8. The molecule has 1 unspecified atom stereocenters. The van der Waals surface area contributed by atoms with Crippen molar-refractivity contribution in [3.63, 3.8) is 0 Å². The Bertz CT molecular complexity index is 1200. The van der Waals surface area contributed by atoms with Crippen molar-refractivity contribution in [1.29, 1.82) is 0 Å². The molecule has 0 saturated carbocycles. The number of carbonyl (C=O) groups excluding carboxylic acids is 1. The summed E-state index contributed by atoms with van der Waals surface area (Å²) in [4.78, 5) is 20.2. The van der Waals surface area contributed by atoms with Gasteiger partial charge in [0.2, 0.25) is 5.96 Å². The molecule has 1 atom stereocenters. The van der Waals surface area contributed by atoms with Crippen LogP contribution in [-0.2, 0) is 6.18 Å². The van der Waals surface area contributed by atoms with E-state index in [1.54, 1.807) is 0 Å². The van der Waals surface area contributed by atoms with Crippen LogP contribution in [0.2, 0.25) is 5.02 Å². The number of rotatable bonds is 2. The summed E-state index contributed by atoms with van der Waals surface area (Å²) in [6, 6.07) is 6.66. The Morgan fingerprint density at radius 3 is 2.38 bits per heavy atom. The highest BCUT2D eigenvalue weighted by atomic mass is 35.5. The fourth-order valence-electron chi connectivity index (χ4n) is 2.75. The fraction of sp³-hybridized carbons (Fsp3) is 0.200. The van der Waals surface area contributed by atoms with E-state index in [1.807, 2.05) is 0 Å². The van der Waals surface area contributed by atoms with Gasteiger partial charge in [0.05, 0.1) is 22.2 Å². The number of carbonyl (C=O) groups is 1. The van der Waals surface area contributed by atoms with Gasteiger partial charge in [0.25, 0.3) is 5.91 Å². The van der Waals surface area contributed by atoms with Crippen molar-refractivity contribution in [3.05, 3.63) is 64.4 Å². The first-order valence-electron chi connectivity index (χ1n) is 9.27. The topological polar surface area (TPSA) is 78.2 Å². The maximum atomic E-state index is 13.7. The van der Waals surface area contributed by atoms with Crippen molar-refractivity contribution >= 4 is 40.7 Å². The molecule has 2 aromatic carbocycles. The van der Waals surface area contributed by atoms with Gasteiger partial charge >= 0.3 is 12.4 Å². The molecule has 2 N–H and O–H groups in total. The van der Waals surface area contributed by atoms with E-state index < -0.39 is 47.2 Å². The smallest absolute Gasteiger partial charge is 0.290 e. The number of amidine groups is 1. The monoisotopic (exact) mass is 507 g/mol. The minimum absolute atomic E-state index is 0.251. The molecule has 0 radical (unpaired) electrons. The van der Waals surface area contributed by atoms with Crippen LogP contribution in [0.25, 0.3) is 0 Å². The quantitative estimate of drug-likeness (QED) is 0.321. The van der Waals surface area contributed by atoms with Crippen LogP contribution in [0.5, 0.6) is 0 Å². The number of amides is 1. The number of halogens is 8. The summed E-state index contributed by atoms with van der Waals surface area (Å²) < 4.78 is 91.9. The Morgan fingerprint density at radius 1 is 1.09 bits per heavy atom. The largest absolute Gasteiger partial charge is 0.431 e. The molecule has 0 fully saturated rings. The van der Waals surface area contributed by atoms with Gasteiger partial charge in [0.15, 0.2) is 5.71 Å². The number of nitrogens with zero attached hydrogens (tertiary/aromatic N) is 3. The lowest BCUT2D eigenvalue weighted by molar-refractivity contribution is -0.137. The van der Waals surface area contributed by atoms with Gasteiger partial charge < -0.3 is 0 Å². The standard InChI is InChI=1S/C20H13ClF7N5O/c1-9-15(20(26,27)28)32-33-16(9)30-18(29-12-4-2-3-11(8-12)19(23,24)25)31-17(34)10-5-6-13(21)14(22)7-10/h2-9H,1H3,(H2,29,30,31,33,34). The minimum Gasteiger partial charge on any atom is -0.290 e. The molecule has 0 spiro atoms. The summed E-state index contributed by atoms with van der Waals surface area (Å²) in [5, 5.41) is 5.04. The number of hydrogen-bond donors (Lipinski definition) is 2. The summed E-state index contributed by atoms with van der Waals surface area (Å²) in [6.45, 7) is 1.13. The van der Waals surface area contributed by atoms with Crippen LogP contribution in [0, 0.1) is 11.7 Å². The molecule has 1 aliphatic heterocycles. The first-order valence-corrected chi connectivity index (χ1v) is 9.65. The van der Waals surface area contributed by atoms with Crippen LogP contribution in [0.15, 0.2) is 57.6 Å². The summed E-state index contributed by atoms with van der Waals surface area (Å²) in [5.74, 6) is -4.34. The van der Waals surface area contributed by atoms with Crippen molar-refractivity contribution in [1.82, 2.24) is 10.7 Å². The van der Waals surface area contributed by atoms with E-state index >= 15 is 0 Å². The third-order valence-corrected chi connectivity index (χ3v) is 4.75. The molecular weight excluding hydrogens is 495 g/mol. The predicted molar refractivity (Wildman–Crippen MR) is 111 cm³/mol. The lowest BCUT2D eigenvalue weighted by atomic mass is 10.1. The zero-order chi connectivity index (χ0) is 25.3. The average molecular weight is 508 g/mol. The SMILES string of the molecule is CC1C(=NC(=Nc2cccc(C(F)(F)F)c2)NC(=O)c2ccc(Cl)c(F)c2)NN=C1C(F)(F)F. The molecule has 6 nitrogen and oxygen atoms in total. The molecule has 0 aromatic heterocycles. The number of alkyl halides is 6. The van der Waals surface area contributed by atoms with Gasteiger partial charge in [-0.3, -0.25) is 15.5 Å². The molecule has 34 heavy (non-hydrogen) atoms. The number of aliphatic imine (C=N–C) groups is 2. The second kappa shape index (κ2) is 9.41. The zero-order valence-corrected chi connectivity index (χ0v) is 17.6. The minimum atomic E-state index is -4.77. The predicted octanol–water partition coefficient (Wildman–Crippen LogP) is 5.47. The van der Waals surface area contributed by atoms with Crippen LogP contribution in [0.3, 0.4) is 0 Å². The first kappa shape index (κ1) is 25.1. The molecular formula is C20H13ClF7N5O. The van der Waals surface area contributed by atoms with E-state index in [-0.39, 0.29) is 22.1 Å². The molecule has 0 bridgehead atoms. The molecule has 3 rings (SSSR count). The second-order valence-corrected chi connectivity index (χ2v) is 7.30. The second-order valence-electron chi connectivity index (χ2n) is 6.89. The van der Waals surface area contributed by atoms with Gasteiger partial charge in [0, 0.05) is 5.56 Å². The Kier molecular flexibility index (Phi) is 6.96. The highest BCUT2D eigenvalue weighted by Crippen LogP contribution is 2.31. The Morgan fingerprint density at radius 2 is 1.79 bits per heavy atom. The molecule has 2 aromatic rings. The number of benzene rings is 2. The zero-order valence-electron chi connectivity index (χ0n) is 16.9. The molecule has 0 aliphatic carbocycles. The summed E-state index contributed by atoms with van der Waals surface area (Å²) in [7, 11) is 0. The van der Waals surface area contributed by atoms with E-state index in [9.17, 15) is 35.5 Å². The van der Waals surface area contributed by atoms with Crippen LogP contribution >= 0.6 is 11.6 Å². The maximum absolute atomic E-state index is 13.7. The van der Waals surface area contributed by atoms with Gasteiger partial charge in [0.1, 0.15) is 11.7 Å². The summed E-state index contributed by atoms with van der Waals surface area (Å²) >= 11 is 5.57. The summed E-state index contributed by atoms with van der Waals surface area (Å²) in [6.07, 6.45) is -9.47.